The lowest BCUT2D eigenvalue weighted by molar-refractivity contribution is 0.105. The molecule has 0 spiro atoms. The van der Waals surface area contributed by atoms with Gasteiger partial charge >= 0.3 is 6.09 Å². The Bertz CT molecular complexity index is 349. The largest absolute Gasteiger partial charge is 0.508 e. The summed E-state index contributed by atoms with van der Waals surface area (Å²) in [7, 11) is 0. The van der Waals surface area contributed by atoms with Crippen LogP contribution in [0.25, 0.3) is 0 Å². The van der Waals surface area contributed by atoms with Crippen LogP contribution in [0.15, 0.2) is 24.3 Å². The zero-order valence-electron chi connectivity index (χ0n) is 7.97. The van der Waals surface area contributed by atoms with Gasteiger partial charge in [-0.2, -0.15) is 0 Å². The molecule has 1 aromatic carbocycles. The lowest BCUT2D eigenvalue weighted by Crippen LogP contribution is -2.21. The summed E-state index contributed by atoms with van der Waals surface area (Å²) in [4.78, 5) is 10.7. The summed E-state index contributed by atoms with van der Waals surface area (Å²) < 4.78 is 10.2. The summed E-state index contributed by atoms with van der Waals surface area (Å²) >= 11 is 0. The predicted molar refractivity (Wildman–Crippen MR) is 51.9 cm³/mol. The molecule has 1 aliphatic rings. The second-order valence-corrected chi connectivity index (χ2v) is 3.21. The molecule has 1 atom stereocenters. The first-order valence-electron chi connectivity index (χ1n) is 4.60. The van der Waals surface area contributed by atoms with Crippen LogP contribution < -0.4 is 10.1 Å². The Morgan fingerprint density at radius 1 is 1.47 bits per heavy atom. The van der Waals surface area contributed by atoms with Crippen molar-refractivity contribution in [1.82, 2.24) is 5.32 Å². The number of benzene rings is 1. The molecule has 1 aromatic rings. The van der Waals surface area contributed by atoms with E-state index < -0.39 is 6.09 Å². The third-order valence-electron chi connectivity index (χ3n) is 2.02. The molecule has 1 amide bonds. The van der Waals surface area contributed by atoms with Gasteiger partial charge in [-0.05, 0) is 24.3 Å². The molecule has 2 N–H and O–H groups in total. The van der Waals surface area contributed by atoms with Gasteiger partial charge in [0.05, 0.1) is 6.54 Å². The number of ether oxygens (including phenoxy) is 2. The number of alkyl carbamates (subject to hydrolysis) is 1. The molecule has 1 aliphatic heterocycles. The highest BCUT2D eigenvalue weighted by atomic mass is 16.6. The third-order valence-corrected chi connectivity index (χ3v) is 2.02. The Morgan fingerprint density at radius 3 is 2.80 bits per heavy atom. The SMILES string of the molecule is O=C1NCC(COc2ccc(O)cc2)O1. The van der Waals surface area contributed by atoms with Gasteiger partial charge in [0.25, 0.3) is 0 Å². The van der Waals surface area contributed by atoms with Crippen molar-refractivity contribution < 1.29 is 19.4 Å². The maximum atomic E-state index is 10.7. The number of amides is 1. The second kappa shape index (κ2) is 4.08. The van der Waals surface area contributed by atoms with Crippen LogP contribution in [-0.4, -0.2) is 30.5 Å². The number of carbonyl (C=O) groups excluding carboxylic acids is 1. The molecule has 15 heavy (non-hydrogen) atoms. The van der Waals surface area contributed by atoms with E-state index in [2.05, 4.69) is 5.32 Å². The average molecular weight is 209 g/mol. The quantitative estimate of drug-likeness (QED) is 0.775. The van der Waals surface area contributed by atoms with Crippen LogP contribution in [0.1, 0.15) is 0 Å². The predicted octanol–water partition coefficient (Wildman–Crippen LogP) is 0.879. The maximum Gasteiger partial charge on any atom is 0.407 e. The first-order chi connectivity index (χ1) is 7.24. The molecule has 1 saturated heterocycles. The molecule has 1 unspecified atom stereocenters. The number of rotatable bonds is 3. The average Bonchev–Trinajstić information content (AvgIpc) is 2.64. The molecule has 0 aliphatic carbocycles. The molecule has 1 fully saturated rings. The number of hydrogen-bond donors (Lipinski definition) is 2. The Labute approximate surface area is 86.6 Å². The minimum Gasteiger partial charge on any atom is -0.508 e. The van der Waals surface area contributed by atoms with Crippen LogP contribution in [0, 0.1) is 0 Å². The van der Waals surface area contributed by atoms with Gasteiger partial charge < -0.3 is 19.9 Å². The van der Waals surface area contributed by atoms with E-state index in [-0.39, 0.29) is 11.9 Å². The minimum absolute atomic E-state index is 0.191. The van der Waals surface area contributed by atoms with E-state index in [0.717, 1.165) is 0 Å². The maximum absolute atomic E-state index is 10.7. The summed E-state index contributed by atoms with van der Waals surface area (Å²) in [5.41, 5.74) is 0. The lowest BCUT2D eigenvalue weighted by Gasteiger charge is -2.09. The second-order valence-electron chi connectivity index (χ2n) is 3.21. The number of hydrogen-bond acceptors (Lipinski definition) is 4. The van der Waals surface area contributed by atoms with Crippen LogP contribution in [-0.2, 0) is 4.74 Å². The third kappa shape index (κ3) is 2.52. The highest BCUT2D eigenvalue weighted by Crippen LogP contribution is 2.16. The van der Waals surface area contributed by atoms with Crippen LogP contribution >= 0.6 is 0 Å². The standard InChI is InChI=1S/C10H11NO4/c12-7-1-3-8(4-2-7)14-6-9-5-11-10(13)15-9/h1-4,9,12H,5-6H2,(H,11,13). The molecule has 5 heteroatoms. The summed E-state index contributed by atoms with van der Waals surface area (Å²) in [6, 6.07) is 6.38. The number of carbonyl (C=O) groups is 1. The van der Waals surface area contributed by atoms with Crippen molar-refractivity contribution >= 4 is 6.09 Å². The van der Waals surface area contributed by atoms with Crippen molar-refractivity contribution in [3.05, 3.63) is 24.3 Å². The van der Waals surface area contributed by atoms with E-state index in [1.165, 1.54) is 12.1 Å². The summed E-state index contributed by atoms with van der Waals surface area (Å²) in [5.74, 6) is 0.826. The van der Waals surface area contributed by atoms with Crippen molar-refractivity contribution in [2.24, 2.45) is 0 Å². The molecule has 1 heterocycles. The van der Waals surface area contributed by atoms with E-state index in [4.69, 9.17) is 14.6 Å². The fraction of sp³-hybridized carbons (Fsp3) is 0.300. The zero-order chi connectivity index (χ0) is 10.7. The summed E-state index contributed by atoms with van der Waals surface area (Å²) in [6.45, 7) is 0.778. The zero-order valence-corrected chi connectivity index (χ0v) is 7.97. The molecule has 0 saturated carbocycles. The first kappa shape index (κ1) is 9.64. The van der Waals surface area contributed by atoms with Crippen LogP contribution in [0.5, 0.6) is 11.5 Å². The van der Waals surface area contributed by atoms with Crippen LogP contribution in [0.2, 0.25) is 0 Å². The number of phenols is 1. The van der Waals surface area contributed by atoms with E-state index in [1.54, 1.807) is 12.1 Å². The normalized spacial score (nSPS) is 19.5. The minimum atomic E-state index is -0.408. The molecule has 80 valence electrons. The molecular weight excluding hydrogens is 198 g/mol. The highest BCUT2D eigenvalue weighted by molar-refractivity contribution is 5.69. The van der Waals surface area contributed by atoms with Crippen molar-refractivity contribution in [3.63, 3.8) is 0 Å². The van der Waals surface area contributed by atoms with Crippen molar-refractivity contribution in [3.8, 4) is 11.5 Å². The van der Waals surface area contributed by atoms with E-state index in [1.807, 2.05) is 0 Å². The van der Waals surface area contributed by atoms with Crippen LogP contribution in [0.4, 0.5) is 4.79 Å². The van der Waals surface area contributed by atoms with Gasteiger partial charge in [0.15, 0.2) is 6.10 Å². The molecule has 0 bridgehead atoms. The van der Waals surface area contributed by atoms with Gasteiger partial charge in [0, 0.05) is 0 Å². The fourth-order valence-corrected chi connectivity index (χ4v) is 1.26. The molecule has 5 nitrogen and oxygen atoms in total. The first-order valence-corrected chi connectivity index (χ1v) is 4.60. The molecular formula is C10H11NO4. The van der Waals surface area contributed by atoms with E-state index >= 15 is 0 Å². The topological polar surface area (TPSA) is 67.8 Å². The Kier molecular flexibility index (Phi) is 2.62. The number of aromatic hydroxyl groups is 1. The Balaban J connectivity index is 1.83. The van der Waals surface area contributed by atoms with Crippen molar-refractivity contribution in [2.75, 3.05) is 13.2 Å². The Morgan fingerprint density at radius 2 is 2.20 bits per heavy atom. The van der Waals surface area contributed by atoms with Gasteiger partial charge in [-0.15, -0.1) is 0 Å². The monoisotopic (exact) mass is 209 g/mol. The van der Waals surface area contributed by atoms with Gasteiger partial charge in [-0.1, -0.05) is 0 Å². The van der Waals surface area contributed by atoms with Crippen molar-refractivity contribution in [2.45, 2.75) is 6.10 Å². The fourth-order valence-electron chi connectivity index (χ4n) is 1.26. The van der Waals surface area contributed by atoms with Crippen molar-refractivity contribution in [1.29, 1.82) is 0 Å². The van der Waals surface area contributed by atoms with E-state index in [9.17, 15) is 4.79 Å². The van der Waals surface area contributed by atoms with E-state index in [0.29, 0.717) is 18.9 Å². The molecule has 2 rings (SSSR count). The summed E-state index contributed by atoms with van der Waals surface area (Å²) in [5, 5.41) is 11.6. The summed E-state index contributed by atoms with van der Waals surface area (Å²) in [6.07, 6.45) is -0.652. The smallest absolute Gasteiger partial charge is 0.407 e. The number of nitrogens with one attached hydrogen (secondary N) is 1. The number of phenolic OH excluding ortho intramolecular Hbond substituents is 1. The van der Waals surface area contributed by atoms with Gasteiger partial charge in [0.1, 0.15) is 18.1 Å². The molecule has 0 radical (unpaired) electrons. The van der Waals surface area contributed by atoms with Crippen LogP contribution in [0.3, 0.4) is 0 Å². The van der Waals surface area contributed by atoms with Gasteiger partial charge in [-0.3, -0.25) is 0 Å². The number of cyclic esters (lactones) is 1. The molecule has 0 aromatic heterocycles. The van der Waals surface area contributed by atoms with Gasteiger partial charge in [-0.25, -0.2) is 4.79 Å². The Hall–Kier alpha value is -1.91. The van der Waals surface area contributed by atoms with Gasteiger partial charge in [0.2, 0.25) is 0 Å². The lowest BCUT2D eigenvalue weighted by atomic mass is 10.3. The highest BCUT2D eigenvalue weighted by Gasteiger charge is 2.22.